The van der Waals surface area contributed by atoms with Gasteiger partial charge in [-0.2, -0.15) is 0 Å². The molecule has 3 N–H and O–H groups in total. The quantitative estimate of drug-likeness (QED) is 0.0438. The molecule has 1 unspecified atom stereocenters. The molecular weight excluding hydrogens is 956 g/mol. The molecular formula is C55H61ClN6O11. The number of nitrogens with zero attached hydrogens (tertiary/aromatic N) is 6. The Morgan fingerprint density at radius 3 is 1.75 bits per heavy atom. The Labute approximate surface area is 429 Å². The van der Waals surface area contributed by atoms with Crippen molar-refractivity contribution < 1.29 is 53.4 Å². The summed E-state index contributed by atoms with van der Waals surface area (Å²) in [6, 6.07) is 23.8. The summed E-state index contributed by atoms with van der Waals surface area (Å²) in [5.41, 5.74) is 6.02. The molecule has 0 saturated carbocycles. The predicted octanol–water partition coefficient (Wildman–Crippen LogP) is 10.9. The number of aromatic nitrogens is 6. The lowest BCUT2D eigenvalue weighted by Gasteiger charge is -2.23. The van der Waals surface area contributed by atoms with Crippen molar-refractivity contribution in [2.75, 3.05) is 20.0 Å². The minimum absolute atomic E-state index is 0.0502. The van der Waals surface area contributed by atoms with Crippen LogP contribution in [0.25, 0.3) is 50.9 Å². The van der Waals surface area contributed by atoms with E-state index in [9.17, 15) is 29.7 Å². The van der Waals surface area contributed by atoms with E-state index in [0.717, 1.165) is 27.8 Å². The van der Waals surface area contributed by atoms with Crippen LogP contribution in [0.4, 0.5) is 0 Å². The molecule has 0 aliphatic carbocycles. The maximum atomic E-state index is 12.2. The maximum absolute atomic E-state index is 12.2. The third-order valence-corrected chi connectivity index (χ3v) is 12.3. The second-order valence-corrected chi connectivity index (χ2v) is 19.3. The van der Waals surface area contributed by atoms with E-state index < -0.39 is 22.9 Å². The number of hydrogen-bond donors (Lipinski definition) is 3. The highest BCUT2D eigenvalue weighted by molar-refractivity contribution is 6.31. The van der Waals surface area contributed by atoms with E-state index in [1.165, 1.54) is 23.9 Å². The van der Waals surface area contributed by atoms with E-state index in [4.69, 9.17) is 45.3 Å². The molecule has 73 heavy (non-hydrogen) atoms. The number of ether oxygens (including phenoxy) is 5. The number of phenolic OH excluding ortho intramolecular Hbond substituents is 3. The van der Waals surface area contributed by atoms with Crippen molar-refractivity contribution in [1.29, 1.82) is 0 Å². The van der Waals surface area contributed by atoms with E-state index in [0.29, 0.717) is 63.0 Å². The summed E-state index contributed by atoms with van der Waals surface area (Å²) in [4.78, 5) is 51.2. The number of phenols is 3. The van der Waals surface area contributed by atoms with Crippen molar-refractivity contribution in [3.63, 3.8) is 0 Å². The van der Waals surface area contributed by atoms with Gasteiger partial charge < -0.3 is 39.0 Å². The number of aryl methyl sites for hydroxylation is 4. The number of carbonyl (C=O) groups is 3. The van der Waals surface area contributed by atoms with Gasteiger partial charge in [-0.25, -0.2) is 15.0 Å². The lowest BCUT2D eigenvalue weighted by Crippen LogP contribution is -2.33. The molecule has 0 aliphatic heterocycles. The predicted molar refractivity (Wildman–Crippen MR) is 276 cm³/mol. The number of esters is 3. The highest BCUT2D eigenvalue weighted by Gasteiger charge is 2.29. The fraction of sp³-hybridized carbons (Fsp3) is 0.345. The largest absolute Gasteiger partial charge is 0.507 e. The first-order valence-electron chi connectivity index (χ1n) is 23.6. The number of rotatable bonds is 17. The van der Waals surface area contributed by atoms with Gasteiger partial charge in [0.05, 0.1) is 22.0 Å². The summed E-state index contributed by atoms with van der Waals surface area (Å²) in [6.45, 7) is 19.7. The Kier molecular flexibility index (Phi) is 17.3. The first-order chi connectivity index (χ1) is 34.5. The van der Waals surface area contributed by atoms with Crippen LogP contribution in [0.1, 0.15) is 83.6 Å². The molecule has 0 amide bonds. The Balaban J connectivity index is 0.000000243. The normalized spacial score (nSPS) is 11.8. The van der Waals surface area contributed by atoms with Gasteiger partial charge in [0, 0.05) is 29.6 Å². The SMILES string of the molecule is CCC(C)(C)C(=O)OCC(COc1ccc(-n2nc3ccc(Cl)cc3n2)c(O)c1)OC(C)=O.CCC(C)(C)C(=O)OCOc1ccc(-c2nc(-c3ccc(C)cc3O)nc(-c3c(C)cc(C)cc3C)n2)c(O)c1. The highest BCUT2D eigenvalue weighted by Crippen LogP contribution is 2.36. The van der Waals surface area contributed by atoms with Crippen LogP contribution in [-0.2, 0) is 28.6 Å². The molecule has 0 aliphatic rings. The van der Waals surface area contributed by atoms with Crippen LogP contribution in [-0.4, -0.2) is 89.3 Å². The second kappa shape index (κ2) is 23.2. The zero-order chi connectivity index (χ0) is 53.4. The minimum atomic E-state index is -0.802. The van der Waals surface area contributed by atoms with Gasteiger partial charge in [-0.05, 0) is 140 Å². The smallest absolute Gasteiger partial charge is 0.314 e. The zero-order valence-electron chi connectivity index (χ0n) is 42.9. The molecule has 7 aromatic rings. The molecule has 2 heterocycles. The first kappa shape index (κ1) is 54.5. The van der Waals surface area contributed by atoms with E-state index in [1.54, 1.807) is 68.4 Å². The molecule has 5 aromatic carbocycles. The van der Waals surface area contributed by atoms with E-state index in [2.05, 4.69) is 27.3 Å². The van der Waals surface area contributed by atoms with E-state index >= 15 is 0 Å². The van der Waals surface area contributed by atoms with Crippen molar-refractivity contribution in [2.45, 2.75) is 95.1 Å². The topological polar surface area (TPSA) is 227 Å². The summed E-state index contributed by atoms with van der Waals surface area (Å²) in [5, 5.41) is 41.3. The van der Waals surface area contributed by atoms with Crippen LogP contribution >= 0.6 is 11.6 Å². The van der Waals surface area contributed by atoms with Crippen LogP contribution in [0.5, 0.6) is 28.7 Å². The molecule has 0 saturated heterocycles. The maximum Gasteiger partial charge on any atom is 0.314 e. The summed E-state index contributed by atoms with van der Waals surface area (Å²) in [7, 11) is 0. The van der Waals surface area contributed by atoms with E-state index in [1.807, 2.05) is 61.5 Å². The molecule has 0 bridgehead atoms. The fourth-order valence-electron chi connectivity index (χ4n) is 7.18. The Bertz CT molecular complexity index is 3130. The Hall–Kier alpha value is -7.79. The molecule has 0 fully saturated rings. The molecule has 0 spiro atoms. The Morgan fingerprint density at radius 2 is 1.16 bits per heavy atom. The molecule has 17 nitrogen and oxygen atoms in total. The van der Waals surface area contributed by atoms with Crippen LogP contribution in [0, 0.1) is 38.5 Å². The summed E-state index contributed by atoms with van der Waals surface area (Å²) in [6.07, 6.45) is 0.447. The lowest BCUT2D eigenvalue weighted by molar-refractivity contribution is -0.165. The third kappa shape index (κ3) is 13.8. The van der Waals surface area contributed by atoms with Crippen molar-refractivity contribution in [3.8, 4) is 68.6 Å². The monoisotopic (exact) mass is 1020 g/mol. The van der Waals surface area contributed by atoms with Gasteiger partial charge in [-0.15, -0.1) is 15.0 Å². The molecule has 2 aromatic heterocycles. The number of hydrogen-bond acceptors (Lipinski definition) is 16. The van der Waals surface area contributed by atoms with Crippen molar-refractivity contribution in [3.05, 3.63) is 112 Å². The third-order valence-electron chi connectivity index (χ3n) is 12.1. The standard InChI is InChI=1S/C32H35N3O5.C23H26ClN3O6/c1-8-32(6,7)31(38)40-17-39-22-10-12-24(26(37)16-22)29-33-28(23-11-9-18(2)15-25(23)36)34-30(35-29)27-20(4)13-19(3)14-21(27)5;1-5-23(3,4)22(30)32-13-17(33-14(2)28)12-31-16-7-9-20(21(29)11-16)27-25-18-8-6-15(24)10-19(18)26-27/h9-16,36-37H,8,17H2,1-7H3;6-11,17,29H,5,12-13H2,1-4H3. The number of carbonyl (C=O) groups excluding carboxylic acids is 3. The van der Waals surface area contributed by atoms with Crippen molar-refractivity contribution in [2.24, 2.45) is 10.8 Å². The van der Waals surface area contributed by atoms with Gasteiger partial charge in [0.15, 0.2) is 23.6 Å². The van der Waals surface area contributed by atoms with Crippen LogP contribution in [0.3, 0.4) is 0 Å². The zero-order valence-corrected chi connectivity index (χ0v) is 43.6. The van der Waals surface area contributed by atoms with Gasteiger partial charge >= 0.3 is 17.9 Å². The van der Waals surface area contributed by atoms with Gasteiger partial charge in [0.25, 0.3) is 0 Å². The molecule has 1 atom stereocenters. The molecule has 384 valence electrons. The average molecular weight is 1020 g/mol. The van der Waals surface area contributed by atoms with Gasteiger partial charge in [0.1, 0.15) is 58.7 Å². The fourth-order valence-corrected chi connectivity index (χ4v) is 7.35. The lowest BCUT2D eigenvalue weighted by atomic mass is 9.91. The number of aromatic hydroxyl groups is 3. The summed E-state index contributed by atoms with van der Waals surface area (Å²) >= 11 is 5.99. The van der Waals surface area contributed by atoms with Gasteiger partial charge in [-0.3, -0.25) is 14.4 Å². The van der Waals surface area contributed by atoms with Gasteiger partial charge in [-0.1, -0.05) is 49.2 Å². The van der Waals surface area contributed by atoms with Gasteiger partial charge in [0.2, 0.25) is 6.79 Å². The van der Waals surface area contributed by atoms with Crippen LogP contribution < -0.4 is 9.47 Å². The first-order valence-corrected chi connectivity index (χ1v) is 24.0. The summed E-state index contributed by atoms with van der Waals surface area (Å²) in [5.74, 6) is 0.144. The molecule has 0 radical (unpaired) electrons. The van der Waals surface area contributed by atoms with E-state index in [-0.39, 0.29) is 60.8 Å². The van der Waals surface area contributed by atoms with Crippen molar-refractivity contribution in [1.82, 2.24) is 29.9 Å². The second-order valence-electron chi connectivity index (χ2n) is 18.9. The number of fused-ring (bicyclic) bond motifs is 1. The van der Waals surface area contributed by atoms with Crippen LogP contribution in [0.2, 0.25) is 5.02 Å². The average Bonchev–Trinajstić information content (AvgIpc) is 3.74. The number of halogens is 1. The minimum Gasteiger partial charge on any atom is -0.507 e. The Morgan fingerprint density at radius 1 is 0.616 bits per heavy atom. The number of benzene rings is 5. The highest BCUT2D eigenvalue weighted by atomic mass is 35.5. The summed E-state index contributed by atoms with van der Waals surface area (Å²) < 4.78 is 27.0. The molecule has 18 heteroatoms. The van der Waals surface area contributed by atoms with Crippen LogP contribution in [0.15, 0.2) is 84.9 Å². The molecule has 7 rings (SSSR count). The van der Waals surface area contributed by atoms with Crippen molar-refractivity contribution >= 4 is 40.5 Å².